The van der Waals surface area contributed by atoms with Crippen molar-refractivity contribution in [1.29, 1.82) is 0 Å². The molecule has 0 rings (SSSR count). The van der Waals surface area contributed by atoms with Crippen molar-refractivity contribution in [3.05, 3.63) is 0 Å². The van der Waals surface area contributed by atoms with Crippen LogP contribution in [0.25, 0.3) is 0 Å². The topological polar surface area (TPSA) is 69.2 Å². The van der Waals surface area contributed by atoms with Crippen LogP contribution >= 0.6 is 7.94 Å². The zero-order chi connectivity index (χ0) is 13.7. The molecule has 0 radical (unpaired) electrons. The van der Waals surface area contributed by atoms with Crippen molar-refractivity contribution in [3.63, 3.8) is 0 Å². The van der Waals surface area contributed by atoms with Crippen LogP contribution in [0.15, 0.2) is 0 Å². The van der Waals surface area contributed by atoms with Crippen molar-refractivity contribution < 1.29 is 40.9 Å². The van der Waals surface area contributed by atoms with Crippen LogP contribution in [-0.2, 0) is 26.2 Å². The van der Waals surface area contributed by atoms with Gasteiger partial charge in [-0.3, -0.25) is 0 Å². The summed E-state index contributed by atoms with van der Waals surface area (Å²) in [5, 5.41) is 0. The van der Waals surface area contributed by atoms with Crippen LogP contribution in [0.2, 0.25) is 0 Å². The Morgan fingerprint density at radius 1 is 0.579 bits per heavy atom. The third-order valence-corrected chi connectivity index (χ3v) is 4.15. The SMILES string of the molecule is CCCCCCCCCCCCCC[P+]([O-])([O-])[O-].[Zr+2]. The second kappa shape index (κ2) is 15.6. The monoisotopic (exact) mass is 366 g/mol. The number of rotatable bonds is 13. The minimum Gasteiger partial charge on any atom is -0.688 e. The van der Waals surface area contributed by atoms with Gasteiger partial charge < -0.3 is 14.7 Å². The zero-order valence-corrected chi connectivity index (χ0v) is 15.7. The Balaban J connectivity index is 0. The quantitative estimate of drug-likeness (QED) is 0.371. The van der Waals surface area contributed by atoms with Gasteiger partial charge in [-0.1, -0.05) is 71.1 Å². The Hall–Kier alpha value is 1.19. The third kappa shape index (κ3) is 21.6. The molecule has 0 aliphatic carbocycles. The van der Waals surface area contributed by atoms with Crippen LogP contribution in [-0.4, -0.2) is 6.16 Å². The van der Waals surface area contributed by atoms with E-state index in [1.165, 1.54) is 57.8 Å². The fourth-order valence-electron chi connectivity index (χ4n) is 2.15. The average Bonchev–Trinajstić information content (AvgIpc) is 2.29. The molecule has 0 bridgehead atoms. The normalized spacial score (nSPS) is 11.4. The van der Waals surface area contributed by atoms with Crippen LogP contribution in [0.5, 0.6) is 0 Å². The zero-order valence-electron chi connectivity index (χ0n) is 12.4. The maximum absolute atomic E-state index is 10.4. The molecule has 112 valence electrons. The summed E-state index contributed by atoms with van der Waals surface area (Å²) in [6, 6.07) is 0. The van der Waals surface area contributed by atoms with Gasteiger partial charge in [0.1, 0.15) is 0 Å². The van der Waals surface area contributed by atoms with E-state index >= 15 is 0 Å². The second-order valence-electron chi connectivity index (χ2n) is 5.22. The number of hydrogen-bond acceptors (Lipinski definition) is 3. The van der Waals surface area contributed by atoms with E-state index in [0.29, 0.717) is 6.42 Å². The molecule has 0 aliphatic rings. The van der Waals surface area contributed by atoms with Crippen LogP contribution in [0.3, 0.4) is 0 Å². The predicted molar refractivity (Wildman–Crippen MR) is 72.9 cm³/mol. The van der Waals surface area contributed by atoms with Crippen molar-refractivity contribution in [1.82, 2.24) is 0 Å². The van der Waals surface area contributed by atoms with Gasteiger partial charge in [0.2, 0.25) is 0 Å². The fourth-order valence-corrected chi connectivity index (χ4v) is 2.76. The van der Waals surface area contributed by atoms with Crippen molar-refractivity contribution in [2.24, 2.45) is 0 Å². The Labute approximate surface area is 138 Å². The van der Waals surface area contributed by atoms with Crippen molar-refractivity contribution in [2.75, 3.05) is 6.16 Å². The number of hydrogen-bond donors (Lipinski definition) is 0. The van der Waals surface area contributed by atoms with E-state index in [-0.39, 0.29) is 32.4 Å². The van der Waals surface area contributed by atoms with Gasteiger partial charge in [-0.15, -0.1) is 0 Å². The largest absolute Gasteiger partial charge is 2.00 e. The minimum atomic E-state index is -4.25. The van der Waals surface area contributed by atoms with E-state index in [0.717, 1.165) is 12.8 Å². The first-order valence-electron chi connectivity index (χ1n) is 7.57. The van der Waals surface area contributed by atoms with E-state index in [4.69, 9.17) is 0 Å². The van der Waals surface area contributed by atoms with Crippen LogP contribution < -0.4 is 14.7 Å². The molecule has 0 unspecified atom stereocenters. The first-order valence-corrected chi connectivity index (χ1v) is 9.30. The molecule has 0 fully saturated rings. The molecule has 0 aromatic rings. The molecule has 3 nitrogen and oxygen atoms in total. The van der Waals surface area contributed by atoms with Gasteiger partial charge in [-0.05, 0) is 12.8 Å². The molecule has 5 heteroatoms. The van der Waals surface area contributed by atoms with Gasteiger partial charge in [-0.25, -0.2) is 0 Å². The third-order valence-electron chi connectivity index (χ3n) is 3.29. The van der Waals surface area contributed by atoms with Crippen molar-refractivity contribution >= 4 is 7.94 Å². The van der Waals surface area contributed by atoms with Gasteiger partial charge in [0.25, 0.3) is 0 Å². The maximum Gasteiger partial charge on any atom is 2.00 e. The minimum absolute atomic E-state index is 0. The van der Waals surface area contributed by atoms with E-state index in [9.17, 15) is 14.7 Å². The molecule has 0 saturated carbocycles. The fraction of sp³-hybridized carbons (Fsp3) is 1.00. The Morgan fingerprint density at radius 3 is 1.21 bits per heavy atom. The number of unbranched alkanes of at least 4 members (excludes halogenated alkanes) is 11. The smallest absolute Gasteiger partial charge is 0.688 e. The van der Waals surface area contributed by atoms with Crippen molar-refractivity contribution in [3.8, 4) is 0 Å². The van der Waals surface area contributed by atoms with E-state index in [1.807, 2.05) is 0 Å². The molecule has 0 aromatic carbocycles. The summed E-state index contributed by atoms with van der Waals surface area (Å²) in [6.45, 7) is 2.23. The molecule has 0 spiro atoms. The molecule has 0 aromatic heterocycles. The Morgan fingerprint density at radius 2 is 0.895 bits per heavy atom. The van der Waals surface area contributed by atoms with Gasteiger partial charge >= 0.3 is 26.2 Å². The van der Waals surface area contributed by atoms with E-state index < -0.39 is 7.94 Å². The van der Waals surface area contributed by atoms with Crippen LogP contribution in [0.1, 0.15) is 84.0 Å². The molecule has 0 N–H and O–H groups in total. The predicted octanol–water partition coefficient (Wildman–Crippen LogP) is 2.53. The molecule has 0 saturated heterocycles. The van der Waals surface area contributed by atoms with Crippen LogP contribution in [0, 0.1) is 0 Å². The van der Waals surface area contributed by atoms with Gasteiger partial charge in [-0.2, -0.15) is 7.94 Å². The second-order valence-corrected chi connectivity index (χ2v) is 6.89. The molecule has 0 atom stereocenters. The first kappa shape index (κ1) is 22.5. The standard InChI is InChI=1S/C14H31O3P.Zr/c1-2-3-4-5-6-7-8-9-10-11-12-13-14-18(15,16)17;/h2-14H2,1H3,(H2,15,16,17);/q;+2/p-2. The summed E-state index contributed by atoms with van der Waals surface area (Å²) < 4.78 is 0. The Kier molecular flexibility index (Phi) is 18.4. The summed E-state index contributed by atoms with van der Waals surface area (Å²) in [5.41, 5.74) is 0. The van der Waals surface area contributed by atoms with Gasteiger partial charge in [0, 0.05) is 6.16 Å². The molecular weight excluding hydrogens is 338 g/mol. The van der Waals surface area contributed by atoms with E-state index in [1.54, 1.807) is 0 Å². The summed E-state index contributed by atoms with van der Waals surface area (Å²) in [4.78, 5) is 31.2. The molecule has 0 amide bonds. The average molecular weight is 368 g/mol. The molecule has 0 aliphatic heterocycles. The molecule has 0 heterocycles. The first-order chi connectivity index (χ1) is 8.56. The van der Waals surface area contributed by atoms with E-state index in [2.05, 4.69) is 6.92 Å². The summed E-state index contributed by atoms with van der Waals surface area (Å²) in [7, 11) is -4.25. The summed E-state index contributed by atoms with van der Waals surface area (Å²) in [5.74, 6) is 0. The maximum atomic E-state index is 10.4. The molecular formula is C14H29O3PZr. The Bertz CT molecular complexity index is 175. The van der Waals surface area contributed by atoms with Crippen molar-refractivity contribution in [2.45, 2.75) is 84.0 Å². The van der Waals surface area contributed by atoms with Crippen LogP contribution in [0.4, 0.5) is 0 Å². The molecule has 19 heavy (non-hydrogen) atoms. The van der Waals surface area contributed by atoms with Gasteiger partial charge in [0.15, 0.2) is 0 Å². The summed E-state index contributed by atoms with van der Waals surface area (Å²) >= 11 is 0. The summed E-state index contributed by atoms with van der Waals surface area (Å²) in [6.07, 6.45) is 14.2. The van der Waals surface area contributed by atoms with Gasteiger partial charge in [0.05, 0.1) is 0 Å².